The molecule has 2 N–H and O–H groups in total. The lowest BCUT2D eigenvalue weighted by Gasteiger charge is -2.36. The van der Waals surface area contributed by atoms with Gasteiger partial charge in [0.05, 0.1) is 7.11 Å². The lowest BCUT2D eigenvalue weighted by atomic mass is 9.88. The van der Waals surface area contributed by atoms with Crippen molar-refractivity contribution in [2.45, 2.75) is 25.3 Å². The topological polar surface area (TPSA) is 50.4 Å². The molecule has 1 aromatic carbocycles. The Morgan fingerprint density at radius 1 is 1.28 bits per heavy atom. The monoisotopic (exact) mass is 248 g/mol. The highest BCUT2D eigenvalue weighted by molar-refractivity contribution is 5.84. The Labute approximate surface area is 108 Å². The van der Waals surface area contributed by atoms with Gasteiger partial charge in [0.15, 0.2) is 0 Å². The molecule has 0 bridgehead atoms. The van der Waals surface area contributed by atoms with Crippen LogP contribution in [0.15, 0.2) is 24.3 Å². The van der Waals surface area contributed by atoms with E-state index in [0.717, 1.165) is 31.6 Å². The average molecular weight is 248 g/mol. The zero-order valence-corrected chi connectivity index (χ0v) is 11.0. The zero-order chi connectivity index (χ0) is 13.0. The fourth-order valence-corrected chi connectivity index (χ4v) is 2.34. The third-order valence-corrected chi connectivity index (χ3v) is 3.47. The molecule has 4 heteroatoms. The number of ether oxygens (including phenoxy) is 1. The van der Waals surface area contributed by atoms with Crippen LogP contribution in [0.1, 0.15) is 18.4 Å². The van der Waals surface area contributed by atoms with Crippen molar-refractivity contribution in [1.82, 2.24) is 5.32 Å². The Hall–Kier alpha value is -1.55. The number of nitrogens with one attached hydrogen (secondary N) is 2. The van der Waals surface area contributed by atoms with Gasteiger partial charge in [-0.1, -0.05) is 17.7 Å². The SMILES string of the molecule is COC(=O)C1(Nc2ccc(C)cc2)CCNCC1. The van der Waals surface area contributed by atoms with E-state index in [1.165, 1.54) is 12.7 Å². The van der Waals surface area contributed by atoms with Crippen LogP contribution in [-0.4, -0.2) is 31.7 Å². The third-order valence-electron chi connectivity index (χ3n) is 3.47. The highest BCUT2D eigenvalue weighted by Gasteiger charge is 2.40. The number of rotatable bonds is 3. The van der Waals surface area contributed by atoms with E-state index in [1.54, 1.807) is 0 Å². The van der Waals surface area contributed by atoms with Crippen molar-refractivity contribution < 1.29 is 9.53 Å². The molecular weight excluding hydrogens is 228 g/mol. The van der Waals surface area contributed by atoms with Crippen LogP contribution in [0.5, 0.6) is 0 Å². The molecule has 0 amide bonds. The van der Waals surface area contributed by atoms with Crippen molar-refractivity contribution in [3.8, 4) is 0 Å². The first-order valence-electron chi connectivity index (χ1n) is 6.30. The van der Waals surface area contributed by atoms with Gasteiger partial charge in [0.1, 0.15) is 5.54 Å². The number of hydrogen-bond acceptors (Lipinski definition) is 4. The molecule has 1 saturated heterocycles. The lowest BCUT2D eigenvalue weighted by molar-refractivity contribution is -0.147. The molecule has 98 valence electrons. The predicted octanol–water partition coefficient (Wildman–Crippen LogP) is 1.70. The van der Waals surface area contributed by atoms with E-state index in [2.05, 4.69) is 10.6 Å². The molecule has 0 atom stereocenters. The smallest absolute Gasteiger partial charge is 0.331 e. The summed E-state index contributed by atoms with van der Waals surface area (Å²) in [5, 5.41) is 6.62. The van der Waals surface area contributed by atoms with Crippen LogP contribution in [0, 0.1) is 6.92 Å². The highest BCUT2D eigenvalue weighted by atomic mass is 16.5. The fraction of sp³-hybridized carbons (Fsp3) is 0.500. The molecule has 0 radical (unpaired) electrons. The van der Waals surface area contributed by atoms with Gasteiger partial charge >= 0.3 is 5.97 Å². The first kappa shape index (κ1) is 12.9. The Balaban J connectivity index is 2.19. The molecular formula is C14H20N2O2. The van der Waals surface area contributed by atoms with Gasteiger partial charge in [-0.2, -0.15) is 0 Å². The molecule has 1 aromatic rings. The second-order valence-corrected chi connectivity index (χ2v) is 4.81. The molecule has 1 aliphatic rings. The van der Waals surface area contributed by atoms with Crippen LogP contribution in [0.4, 0.5) is 5.69 Å². The summed E-state index contributed by atoms with van der Waals surface area (Å²) in [5.74, 6) is -0.176. The minimum Gasteiger partial charge on any atom is -0.467 e. The van der Waals surface area contributed by atoms with Gasteiger partial charge in [-0.05, 0) is 45.0 Å². The van der Waals surface area contributed by atoms with Crippen LogP contribution < -0.4 is 10.6 Å². The number of piperidine rings is 1. The van der Waals surface area contributed by atoms with Crippen molar-refractivity contribution in [3.63, 3.8) is 0 Å². The molecule has 2 rings (SSSR count). The van der Waals surface area contributed by atoms with E-state index in [-0.39, 0.29) is 5.97 Å². The number of carbonyl (C=O) groups excluding carboxylic acids is 1. The molecule has 0 aromatic heterocycles. The standard InChI is InChI=1S/C14H20N2O2/c1-11-3-5-12(6-4-11)16-14(13(17)18-2)7-9-15-10-8-14/h3-6,15-16H,7-10H2,1-2H3. The molecule has 1 fully saturated rings. The number of carbonyl (C=O) groups is 1. The normalized spacial score (nSPS) is 18.1. The second kappa shape index (κ2) is 5.40. The van der Waals surface area contributed by atoms with Gasteiger partial charge in [-0.3, -0.25) is 0 Å². The summed E-state index contributed by atoms with van der Waals surface area (Å²) in [6, 6.07) is 8.08. The second-order valence-electron chi connectivity index (χ2n) is 4.81. The Kier molecular flexibility index (Phi) is 3.87. The number of methoxy groups -OCH3 is 1. The molecule has 18 heavy (non-hydrogen) atoms. The van der Waals surface area contributed by atoms with Crippen LogP contribution in [0.3, 0.4) is 0 Å². The predicted molar refractivity (Wildman–Crippen MR) is 71.7 cm³/mol. The quantitative estimate of drug-likeness (QED) is 0.799. The van der Waals surface area contributed by atoms with Gasteiger partial charge in [0.2, 0.25) is 0 Å². The van der Waals surface area contributed by atoms with E-state index in [4.69, 9.17) is 4.74 Å². The van der Waals surface area contributed by atoms with Crippen molar-refractivity contribution in [2.24, 2.45) is 0 Å². The van der Waals surface area contributed by atoms with Crippen LogP contribution in [-0.2, 0) is 9.53 Å². The number of anilines is 1. The first-order chi connectivity index (χ1) is 8.66. The van der Waals surface area contributed by atoms with Crippen LogP contribution >= 0.6 is 0 Å². The maximum absolute atomic E-state index is 12.0. The molecule has 1 aliphatic heterocycles. The van der Waals surface area contributed by atoms with E-state index >= 15 is 0 Å². The van der Waals surface area contributed by atoms with Crippen molar-refractivity contribution >= 4 is 11.7 Å². The van der Waals surface area contributed by atoms with E-state index < -0.39 is 5.54 Å². The summed E-state index contributed by atoms with van der Waals surface area (Å²) in [4.78, 5) is 12.0. The Morgan fingerprint density at radius 3 is 2.44 bits per heavy atom. The molecule has 1 heterocycles. The zero-order valence-electron chi connectivity index (χ0n) is 11.0. The third kappa shape index (κ3) is 2.64. The highest BCUT2D eigenvalue weighted by Crippen LogP contribution is 2.26. The van der Waals surface area contributed by atoms with Gasteiger partial charge in [0.25, 0.3) is 0 Å². The van der Waals surface area contributed by atoms with Gasteiger partial charge in [-0.15, -0.1) is 0 Å². The lowest BCUT2D eigenvalue weighted by Crippen LogP contribution is -2.54. The van der Waals surface area contributed by atoms with Crippen LogP contribution in [0.25, 0.3) is 0 Å². The number of aryl methyl sites for hydroxylation is 1. The summed E-state index contributed by atoms with van der Waals surface area (Å²) >= 11 is 0. The van der Waals surface area contributed by atoms with Gasteiger partial charge in [-0.25, -0.2) is 4.79 Å². The largest absolute Gasteiger partial charge is 0.467 e. The summed E-state index contributed by atoms with van der Waals surface area (Å²) in [6.07, 6.45) is 1.49. The molecule has 4 nitrogen and oxygen atoms in total. The van der Waals surface area contributed by atoms with Crippen LogP contribution in [0.2, 0.25) is 0 Å². The number of benzene rings is 1. The first-order valence-corrected chi connectivity index (χ1v) is 6.30. The molecule has 0 saturated carbocycles. The molecule has 0 aliphatic carbocycles. The Morgan fingerprint density at radius 2 is 1.89 bits per heavy atom. The fourth-order valence-electron chi connectivity index (χ4n) is 2.34. The van der Waals surface area contributed by atoms with Gasteiger partial charge in [0, 0.05) is 5.69 Å². The number of esters is 1. The van der Waals surface area contributed by atoms with E-state index in [1.807, 2.05) is 31.2 Å². The summed E-state index contributed by atoms with van der Waals surface area (Å²) in [7, 11) is 1.45. The minimum absolute atomic E-state index is 0.176. The summed E-state index contributed by atoms with van der Waals surface area (Å²) in [5.41, 5.74) is 1.58. The molecule has 0 spiro atoms. The summed E-state index contributed by atoms with van der Waals surface area (Å²) < 4.78 is 4.96. The molecule has 0 unspecified atom stereocenters. The van der Waals surface area contributed by atoms with Crippen molar-refractivity contribution in [1.29, 1.82) is 0 Å². The number of hydrogen-bond donors (Lipinski definition) is 2. The average Bonchev–Trinajstić information content (AvgIpc) is 2.41. The minimum atomic E-state index is -0.588. The Bertz CT molecular complexity index is 408. The van der Waals surface area contributed by atoms with Crippen molar-refractivity contribution in [2.75, 3.05) is 25.5 Å². The van der Waals surface area contributed by atoms with Gasteiger partial charge < -0.3 is 15.4 Å². The van der Waals surface area contributed by atoms with E-state index in [9.17, 15) is 4.79 Å². The van der Waals surface area contributed by atoms with E-state index in [0.29, 0.717) is 0 Å². The maximum atomic E-state index is 12.0. The summed E-state index contributed by atoms with van der Waals surface area (Å²) in [6.45, 7) is 3.70. The van der Waals surface area contributed by atoms with Crippen molar-refractivity contribution in [3.05, 3.63) is 29.8 Å². The maximum Gasteiger partial charge on any atom is 0.331 e.